The first kappa shape index (κ1) is 14.2. The standard InChI is InChI=1S/C12H15N3O2S/c1-10(18(16,17)15(2)3)11-6-4-5-7-12(11)14-9-8-13/h4-7,14H,1,9H2,2-3H3. The average Bonchev–Trinajstić information content (AvgIpc) is 2.35. The molecular formula is C12H15N3O2S. The number of benzene rings is 1. The van der Waals surface area contributed by atoms with E-state index in [-0.39, 0.29) is 11.4 Å². The van der Waals surface area contributed by atoms with Crippen molar-refractivity contribution in [3.05, 3.63) is 36.4 Å². The van der Waals surface area contributed by atoms with Gasteiger partial charge in [-0.25, -0.2) is 12.7 Å². The first-order valence-corrected chi connectivity index (χ1v) is 6.67. The number of rotatable bonds is 5. The van der Waals surface area contributed by atoms with Crippen LogP contribution in [-0.2, 0) is 10.0 Å². The van der Waals surface area contributed by atoms with Gasteiger partial charge in [0.15, 0.2) is 0 Å². The van der Waals surface area contributed by atoms with E-state index in [1.165, 1.54) is 14.1 Å². The number of hydrogen-bond donors (Lipinski definition) is 1. The molecule has 0 saturated carbocycles. The molecule has 0 bridgehead atoms. The number of nitrogens with one attached hydrogen (secondary N) is 1. The molecule has 0 fully saturated rings. The van der Waals surface area contributed by atoms with E-state index in [1.54, 1.807) is 24.3 Å². The van der Waals surface area contributed by atoms with Gasteiger partial charge in [0, 0.05) is 25.3 Å². The van der Waals surface area contributed by atoms with E-state index >= 15 is 0 Å². The van der Waals surface area contributed by atoms with Gasteiger partial charge < -0.3 is 5.32 Å². The molecule has 0 spiro atoms. The molecule has 1 aromatic rings. The van der Waals surface area contributed by atoms with Crippen LogP contribution in [0.15, 0.2) is 30.8 Å². The minimum absolute atomic E-state index is 0.00791. The maximum atomic E-state index is 12.0. The molecule has 96 valence electrons. The summed E-state index contributed by atoms with van der Waals surface area (Å²) in [5.74, 6) is 0. The van der Waals surface area contributed by atoms with Gasteiger partial charge in [0.2, 0.25) is 10.0 Å². The minimum atomic E-state index is -3.56. The summed E-state index contributed by atoms with van der Waals surface area (Å²) in [5.41, 5.74) is 1.05. The van der Waals surface area contributed by atoms with Gasteiger partial charge in [-0.2, -0.15) is 5.26 Å². The van der Waals surface area contributed by atoms with E-state index in [1.807, 2.05) is 6.07 Å². The zero-order valence-electron chi connectivity index (χ0n) is 10.3. The quantitative estimate of drug-likeness (QED) is 0.818. The molecule has 5 nitrogen and oxygen atoms in total. The van der Waals surface area contributed by atoms with E-state index in [0.29, 0.717) is 11.3 Å². The zero-order valence-corrected chi connectivity index (χ0v) is 11.2. The summed E-state index contributed by atoms with van der Waals surface area (Å²) in [7, 11) is -0.661. The molecule has 18 heavy (non-hydrogen) atoms. The van der Waals surface area contributed by atoms with Crippen molar-refractivity contribution in [2.45, 2.75) is 0 Å². The van der Waals surface area contributed by atoms with Crippen LogP contribution >= 0.6 is 0 Å². The second-order valence-corrected chi connectivity index (χ2v) is 5.94. The number of anilines is 1. The first-order valence-electron chi connectivity index (χ1n) is 5.23. The van der Waals surface area contributed by atoms with Gasteiger partial charge in [-0.15, -0.1) is 0 Å². The van der Waals surface area contributed by atoms with Crippen molar-refractivity contribution >= 4 is 20.6 Å². The highest BCUT2D eigenvalue weighted by atomic mass is 32.2. The Hall–Kier alpha value is -1.84. The van der Waals surface area contributed by atoms with Gasteiger partial charge in [0.1, 0.15) is 6.54 Å². The van der Waals surface area contributed by atoms with Crippen LogP contribution in [0.4, 0.5) is 5.69 Å². The predicted octanol–water partition coefficient (Wildman–Crippen LogP) is 1.48. The monoisotopic (exact) mass is 265 g/mol. The number of hydrogen-bond acceptors (Lipinski definition) is 4. The van der Waals surface area contributed by atoms with Crippen molar-refractivity contribution in [2.75, 3.05) is 26.0 Å². The molecule has 1 N–H and O–H groups in total. The predicted molar refractivity (Wildman–Crippen MR) is 72.2 cm³/mol. The fraction of sp³-hybridized carbons (Fsp3) is 0.250. The fourth-order valence-electron chi connectivity index (χ4n) is 1.37. The number of sulfonamides is 1. The lowest BCUT2D eigenvalue weighted by atomic mass is 10.2. The van der Waals surface area contributed by atoms with Crippen LogP contribution in [-0.4, -0.2) is 33.4 Å². The minimum Gasteiger partial charge on any atom is -0.372 e. The SMILES string of the molecule is C=C(c1ccccc1NCC#N)S(=O)(=O)N(C)C. The van der Waals surface area contributed by atoms with Crippen molar-refractivity contribution in [3.8, 4) is 6.07 Å². The summed E-state index contributed by atoms with van der Waals surface area (Å²) in [6, 6.07) is 8.80. The molecule has 0 radical (unpaired) electrons. The van der Waals surface area contributed by atoms with Crippen LogP contribution in [0.1, 0.15) is 5.56 Å². The van der Waals surface area contributed by atoms with Crippen molar-refractivity contribution < 1.29 is 8.42 Å². The summed E-state index contributed by atoms with van der Waals surface area (Å²) < 4.78 is 25.1. The Labute approximate surface area is 107 Å². The highest BCUT2D eigenvalue weighted by Crippen LogP contribution is 2.27. The van der Waals surface area contributed by atoms with Crippen LogP contribution in [0.3, 0.4) is 0 Å². The van der Waals surface area contributed by atoms with Crippen molar-refractivity contribution in [1.82, 2.24) is 4.31 Å². The average molecular weight is 265 g/mol. The Balaban J connectivity index is 3.19. The third kappa shape index (κ3) is 2.88. The zero-order chi connectivity index (χ0) is 13.8. The lowest BCUT2D eigenvalue weighted by Crippen LogP contribution is -2.23. The Morgan fingerprint density at radius 2 is 2.06 bits per heavy atom. The van der Waals surface area contributed by atoms with E-state index < -0.39 is 10.0 Å². The Bertz CT molecular complexity index is 586. The summed E-state index contributed by atoms with van der Waals surface area (Å²) >= 11 is 0. The maximum absolute atomic E-state index is 12.0. The second kappa shape index (κ2) is 5.67. The van der Waals surface area contributed by atoms with Crippen LogP contribution < -0.4 is 5.32 Å². The Morgan fingerprint density at radius 3 is 2.61 bits per heavy atom. The normalized spacial score (nSPS) is 11.0. The molecule has 0 aliphatic rings. The van der Waals surface area contributed by atoms with Gasteiger partial charge in [-0.3, -0.25) is 0 Å². The lowest BCUT2D eigenvalue weighted by Gasteiger charge is -2.16. The highest BCUT2D eigenvalue weighted by molar-refractivity contribution is 7.98. The largest absolute Gasteiger partial charge is 0.372 e. The van der Waals surface area contributed by atoms with Crippen LogP contribution in [0.2, 0.25) is 0 Å². The Kier molecular flexibility index (Phi) is 4.48. The number of nitrogens with zero attached hydrogens (tertiary/aromatic N) is 2. The first-order chi connectivity index (χ1) is 8.41. The summed E-state index contributed by atoms with van der Waals surface area (Å²) in [4.78, 5) is 0.00791. The topological polar surface area (TPSA) is 73.2 Å². The third-order valence-corrected chi connectivity index (χ3v) is 4.18. The van der Waals surface area contributed by atoms with Gasteiger partial charge in [-0.1, -0.05) is 24.8 Å². The van der Waals surface area contributed by atoms with Gasteiger partial charge in [-0.05, 0) is 6.07 Å². The lowest BCUT2D eigenvalue weighted by molar-refractivity contribution is 0.533. The molecule has 0 aliphatic carbocycles. The molecule has 0 aliphatic heterocycles. The molecule has 0 aromatic heterocycles. The summed E-state index contributed by atoms with van der Waals surface area (Å²) in [6.45, 7) is 3.74. The molecule has 6 heteroatoms. The van der Waals surface area contributed by atoms with Crippen molar-refractivity contribution in [1.29, 1.82) is 5.26 Å². The summed E-state index contributed by atoms with van der Waals surface area (Å²) in [5, 5.41) is 11.4. The highest BCUT2D eigenvalue weighted by Gasteiger charge is 2.21. The van der Waals surface area contributed by atoms with E-state index in [0.717, 1.165) is 4.31 Å². The van der Waals surface area contributed by atoms with E-state index in [9.17, 15) is 8.42 Å². The summed E-state index contributed by atoms with van der Waals surface area (Å²) in [6.07, 6.45) is 0. The fourth-order valence-corrected chi connectivity index (χ4v) is 2.27. The molecule has 0 unspecified atom stereocenters. The number of nitriles is 1. The van der Waals surface area contributed by atoms with Crippen molar-refractivity contribution in [2.24, 2.45) is 0 Å². The van der Waals surface area contributed by atoms with Crippen LogP contribution in [0, 0.1) is 11.3 Å². The van der Waals surface area contributed by atoms with Crippen LogP contribution in [0.5, 0.6) is 0 Å². The Morgan fingerprint density at radius 1 is 1.44 bits per heavy atom. The third-order valence-electron chi connectivity index (χ3n) is 2.38. The molecular weight excluding hydrogens is 250 g/mol. The number of para-hydroxylation sites is 1. The molecule has 1 rings (SSSR count). The van der Waals surface area contributed by atoms with Crippen LogP contribution in [0.25, 0.3) is 4.91 Å². The smallest absolute Gasteiger partial charge is 0.242 e. The van der Waals surface area contributed by atoms with Gasteiger partial charge in [0.25, 0.3) is 0 Å². The maximum Gasteiger partial charge on any atom is 0.242 e. The second-order valence-electron chi connectivity index (χ2n) is 3.77. The molecule has 0 amide bonds. The molecule has 0 atom stereocenters. The van der Waals surface area contributed by atoms with E-state index in [4.69, 9.17) is 5.26 Å². The van der Waals surface area contributed by atoms with Gasteiger partial charge in [0.05, 0.1) is 11.0 Å². The molecule has 0 heterocycles. The van der Waals surface area contributed by atoms with Gasteiger partial charge >= 0.3 is 0 Å². The molecule has 0 saturated heterocycles. The van der Waals surface area contributed by atoms with Crippen molar-refractivity contribution in [3.63, 3.8) is 0 Å². The molecule has 1 aromatic carbocycles. The van der Waals surface area contributed by atoms with E-state index in [2.05, 4.69) is 11.9 Å².